The van der Waals surface area contributed by atoms with E-state index in [4.69, 9.17) is 14.1 Å². The molecule has 0 aliphatic carbocycles. The summed E-state index contributed by atoms with van der Waals surface area (Å²) in [5, 5.41) is 3.90. The van der Waals surface area contributed by atoms with Crippen LogP contribution in [0.3, 0.4) is 0 Å². The average molecular weight is 478 g/mol. The number of hydrogen-bond acceptors (Lipinski definition) is 7. The molecular formula is C27H35N5O3. The highest BCUT2D eigenvalue weighted by Crippen LogP contribution is 2.32. The number of amides is 1. The molecule has 3 aromatic rings. The molecule has 0 unspecified atom stereocenters. The van der Waals surface area contributed by atoms with E-state index in [0.717, 1.165) is 51.4 Å². The van der Waals surface area contributed by atoms with E-state index in [9.17, 15) is 4.79 Å². The minimum Gasteiger partial charge on any atom is -0.442 e. The van der Waals surface area contributed by atoms with Crippen molar-refractivity contribution in [2.24, 2.45) is 5.92 Å². The average Bonchev–Trinajstić information content (AvgIpc) is 3.20. The van der Waals surface area contributed by atoms with Crippen molar-refractivity contribution in [3.8, 4) is 0 Å². The predicted molar refractivity (Wildman–Crippen MR) is 136 cm³/mol. The minimum atomic E-state index is -0.106. The van der Waals surface area contributed by atoms with Crippen LogP contribution in [0.2, 0.25) is 0 Å². The van der Waals surface area contributed by atoms with Crippen LogP contribution < -0.4 is 10.2 Å². The first kappa shape index (κ1) is 23.8. The maximum absolute atomic E-state index is 13.4. The Kier molecular flexibility index (Phi) is 7.02. The normalized spacial score (nSPS) is 17.7. The van der Waals surface area contributed by atoms with E-state index in [1.165, 1.54) is 11.1 Å². The van der Waals surface area contributed by atoms with Gasteiger partial charge in [-0.3, -0.25) is 9.69 Å². The van der Waals surface area contributed by atoms with Gasteiger partial charge in [-0.15, -0.1) is 0 Å². The molecule has 8 nitrogen and oxygen atoms in total. The Morgan fingerprint density at radius 3 is 2.46 bits per heavy atom. The molecule has 2 fully saturated rings. The molecule has 2 aliphatic heterocycles. The molecule has 5 rings (SSSR count). The van der Waals surface area contributed by atoms with Gasteiger partial charge in [-0.2, -0.15) is 4.98 Å². The predicted octanol–water partition coefficient (Wildman–Crippen LogP) is 3.63. The van der Waals surface area contributed by atoms with Crippen molar-refractivity contribution < 1.29 is 13.9 Å². The van der Waals surface area contributed by atoms with Crippen molar-refractivity contribution in [1.82, 2.24) is 20.2 Å². The Labute approximate surface area is 206 Å². The third-order valence-corrected chi connectivity index (χ3v) is 7.14. The summed E-state index contributed by atoms with van der Waals surface area (Å²) < 4.78 is 11.4. The summed E-state index contributed by atoms with van der Waals surface area (Å²) in [7, 11) is 0. The van der Waals surface area contributed by atoms with Crippen molar-refractivity contribution in [2.45, 2.75) is 40.2 Å². The van der Waals surface area contributed by atoms with E-state index in [2.05, 4.69) is 51.3 Å². The number of fused-ring (bicyclic) bond motifs is 1. The van der Waals surface area contributed by atoms with E-state index < -0.39 is 0 Å². The Morgan fingerprint density at radius 1 is 1.03 bits per heavy atom. The van der Waals surface area contributed by atoms with Gasteiger partial charge < -0.3 is 19.4 Å². The van der Waals surface area contributed by atoms with Crippen LogP contribution in [-0.4, -0.2) is 66.7 Å². The van der Waals surface area contributed by atoms with Crippen molar-refractivity contribution >= 4 is 22.8 Å². The highest BCUT2D eigenvalue weighted by atomic mass is 16.5. The molecule has 2 aromatic heterocycles. The summed E-state index contributed by atoms with van der Waals surface area (Å²) in [5.41, 5.74) is 3.69. The van der Waals surface area contributed by atoms with Crippen LogP contribution in [0.25, 0.3) is 11.1 Å². The Morgan fingerprint density at radius 2 is 1.74 bits per heavy atom. The Bertz CT molecular complexity index is 1180. The molecule has 0 bridgehead atoms. The second-order valence-corrected chi connectivity index (χ2v) is 9.82. The molecule has 2 aliphatic rings. The molecule has 8 heteroatoms. The summed E-state index contributed by atoms with van der Waals surface area (Å²) in [6, 6.07) is 8.79. The molecule has 4 heterocycles. The van der Waals surface area contributed by atoms with Crippen LogP contribution in [0.15, 0.2) is 28.7 Å². The van der Waals surface area contributed by atoms with Gasteiger partial charge in [0.15, 0.2) is 0 Å². The number of nitrogens with zero attached hydrogens (tertiary/aromatic N) is 4. The van der Waals surface area contributed by atoms with Gasteiger partial charge in [0.05, 0.1) is 24.2 Å². The SMILES string of the molecule is Cc1ccc(CN2CCC(CNC(=O)c3c(C)oc4nc(C)nc(N5CCOCC5)c34)CC2)cc1. The van der Waals surface area contributed by atoms with E-state index in [1.807, 2.05) is 13.8 Å². The summed E-state index contributed by atoms with van der Waals surface area (Å²) >= 11 is 0. The number of likely N-dealkylation sites (tertiary alicyclic amines) is 1. The fourth-order valence-electron chi connectivity index (χ4n) is 5.10. The molecular weight excluding hydrogens is 442 g/mol. The molecule has 0 radical (unpaired) electrons. The molecule has 35 heavy (non-hydrogen) atoms. The zero-order valence-corrected chi connectivity index (χ0v) is 21.0. The van der Waals surface area contributed by atoms with Gasteiger partial charge in [-0.05, 0) is 58.2 Å². The first-order valence-corrected chi connectivity index (χ1v) is 12.6. The molecule has 1 aromatic carbocycles. The summed E-state index contributed by atoms with van der Waals surface area (Å²) in [5.74, 6) is 2.35. The van der Waals surface area contributed by atoms with Crippen molar-refractivity contribution in [3.63, 3.8) is 0 Å². The monoisotopic (exact) mass is 477 g/mol. The van der Waals surface area contributed by atoms with Gasteiger partial charge in [0.1, 0.15) is 17.4 Å². The third-order valence-electron chi connectivity index (χ3n) is 7.14. The van der Waals surface area contributed by atoms with E-state index >= 15 is 0 Å². The lowest BCUT2D eigenvalue weighted by Crippen LogP contribution is -2.38. The number of morpholine rings is 1. The van der Waals surface area contributed by atoms with Crippen LogP contribution in [0, 0.1) is 26.7 Å². The number of carbonyl (C=O) groups is 1. The minimum absolute atomic E-state index is 0.106. The number of hydrogen-bond donors (Lipinski definition) is 1. The number of carbonyl (C=O) groups excluding carboxylic acids is 1. The topological polar surface area (TPSA) is 83.7 Å². The highest BCUT2D eigenvalue weighted by molar-refractivity contribution is 6.10. The second-order valence-electron chi connectivity index (χ2n) is 9.82. The number of rotatable bonds is 6. The Balaban J connectivity index is 1.23. The van der Waals surface area contributed by atoms with Gasteiger partial charge in [-0.25, -0.2) is 4.98 Å². The molecule has 0 saturated carbocycles. The maximum atomic E-state index is 13.4. The first-order valence-electron chi connectivity index (χ1n) is 12.6. The highest BCUT2D eigenvalue weighted by Gasteiger charge is 2.27. The standard InChI is InChI=1S/C27H35N5O3/c1-18-4-6-22(7-5-18)17-31-10-8-21(9-11-31)16-28-26(33)23-19(2)35-27-24(23)25(29-20(3)30-27)32-12-14-34-15-13-32/h4-7,21H,8-17H2,1-3H3,(H,28,33). The quantitative estimate of drug-likeness (QED) is 0.580. The van der Waals surface area contributed by atoms with Gasteiger partial charge in [0, 0.05) is 26.2 Å². The summed E-state index contributed by atoms with van der Waals surface area (Å²) in [4.78, 5) is 27.2. The van der Waals surface area contributed by atoms with Crippen LogP contribution in [0.4, 0.5) is 5.82 Å². The lowest BCUT2D eigenvalue weighted by Gasteiger charge is -2.32. The molecule has 1 N–H and O–H groups in total. The number of benzene rings is 1. The van der Waals surface area contributed by atoms with Crippen molar-refractivity contribution in [1.29, 1.82) is 0 Å². The maximum Gasteiger partial charge on any atom is 0.255 e. The number of nitrogens with one attached hydrogen (secondary N) is 1. The van der Waals surface area contributed by atoms with E-state index in [0.29, 0.717) is 53.9 Å². The lowest BCUT2D eigenvalue weighted by atomic mass is 9.96. The van der Waals surface area contributed by atoms with Gasteiger partial charge in [0.2, 0.25) is 5.71 Å². The molecule has 2 saturated heterocycles. The zero-order chi connectivity index (χ0) is 24.4. The Hall–Kier alpha value is -2.97. The van der Waals surface area contributed by atoms with E-state index in [1.54, 1.807) is 0 Å². The number of aromatic nitrogens is 2. The smallest absolute Gasteiger partial charge is 0.255 e. The molecule has 1 amide bonds. The fraction of sp³-hybridized carbons (Fsp3) is 0.519. The van der Waals surface area contributed by atoms with Crippen LogP contribution in [0.5, 0.6) is 0 Å². The molecule has 0 spiro atoms. The second kappa shape index (κ2) is 10.3. The molecule has 0 atom stereocenters. The summed E-state index contributed by atoms with van der Waals surface area (Å²) in [6.07, 6.45) is 2.16. The summed E-state index contributed by atoms with van der Waals surface area (Å²) in [6.45, 7) is 12.3. The van der Waals surface area contributed by atoms with E-state index in [-0.39, 0.29) is 5.91 Å². The van der Waals surface area contributed by atoms with Crippen LogP contribution in [0.1, 0.15) is 45.9 Å². The number of aryl methyl sites for hydroxylation is 3. The fourth-order valence-corrected chi connectivity index (χ4v) is 5.10. The first-order chi connectivity index (χ1) is 17.0. The van der Waals surface area contributed by atoms with Crippen LogP contribution >= 0.6 is 0 Å². The van der Waals surface area contributed by atoms with Gasteiger partial charge >= 0.3 is 0 Å². The zero-order valence-electron chi connectivity index (χ0n) is 21.0. The van der Waals surface area contributed by atoms with Gasteiger partial charge in [0.25, 0.3) is 5.91 Å². The largest absolute Gasteiger partial charge is 0.442 e. The number of piperidine rings is 1. The van der Waals surface area contributed by atoms with Crippen molar-refractivity contribution in [3.05, 3.63) is 52.5 Å². The lowest BCUT2D eigenvalue weighted by molar-refractivity contribution is 0.0935. The van der Waals surface area contributed by atoms with Crippen LogP contribution in [-0.2, 0) is 11.3 Å². The van der Waals surface area contributed by atoms with Gasteiger partial charge in [-0.1, -0.05) is 29.8 Å². The number of furan rings is 1. The van der Waals surface area contributed by atoms with Crippen molar-refractivity contribution in [2.75, 3.05) is 50.8 Å². The third kappa shape index (κ3) is 5.33. The number of anilines is 1. The molecule has 186 valence electrons. The number of ether oxygens (including phenoxy) is 1.